The predicted molar refractivity (Wildman–Crippen MR) is 143 cm³/mol. The molecule has 39 heavy (non-hydrogen) atoms. The van der Waals surface area contributed by atoms with Crippen molar-refractivity contribution in [3.8, 4) is 0 Å². The van der Waals surface area contributed by atoms with Crippen LogP contribution in [0.2, 0.25) is 0 Å². The molecule has 0 amide bonds. The van der Waals surface area contributed by atoms with Crippen molar-refractivity contribution in [2.45, 2.75) is 116 Å². The van der Waals surface area contributed by atoms with E-state index in [1.165, 1.54) is 45.1 Å². The van der Waals surface area contributed by atoms with E-state index in [1.807, 2.05) is 0 Å². The lowest BCUT2D eigenvalue weighted by Crippen LogP contribution is -2.61. The maximum atomic E-state index is 11.7. The van der Waals surface area contributed by atoms with E-state index < -0.39 is 42.6 Å². The molecule has 8 nitrogen and oxygen atoms in total. The molecular weight excluding hydrogens is 500 g/mol. The highest BCUT2D eigenvalue weighted by atomic mass is 16.7. The summed E-state index contributed by atoms with van der Waals surface area (Å²) in [5.74, 6) is 1.63. The van der Waals surface area contributed by atoms with Crippen molar-refractivity contribution in [2.75, 3.05) is 6.61 Å². The molecule has 0 spiro atoms. The van der Waals surface area contributed by atoms with Gasteiger partial charge in [0.1, 0.15) is 24.9 Å². The van der Waals surface area contributed by atoms with Gasteiger partial charge < -0.3 is 29.2 Å². The Bertz CT molecular complexity index is 993. The van der Waals surface area contributed by atoms with E-state index in [0.717, 1.165) is 37.5 Å². The van der Waals surface area contributed by atoms with Crippen LogP contribution in [-0.4, -0.2) is 65.6 Å². The van der Waals surface area contributed by atoms with Crippen molar-refractivity contribution >= 4 is 11.9 Å². The topological polar surface area (TPSA) is 112 Å². The highest BCUT2D eigenvalue weighted by Crippen LogP contribution is 2.66. The highest BCUT2D eigenvalue weighted by Gasteiger charge is 2.58. The molecule has 1 heterocycles. The summed E-state index contributed by atoms with van der Waals surface area (Å²) >= 11 is 0. The van der Waals surface area contributed by atoms with Crippen LogP contribution in [0.15, 0.2) is 24.3 Å². The summed E-state index contributed by atoms with van der Waals surface area (Å²) in [5.41, 5.74) is 1.97. The van der Waals surface area contributed by atoms with E-state index in [4.69, 9.17) is 18.9 Å². The zero-order chi connectivity index (χ0) is 28.1. The molecule has 4 aliphatic carbocycles. The monoisotopic (exact) mass is 546 g/mol. The minimum Gasteiger partial charge on any atom is -0.463 e. The van der Waals surface area contributed by atoms with Gasteiger partial charge in [-0.1, -0.05) is 31.6 Å². The Hall–Kier alpha value is -1.74. The third-order valence-corrected chi connectivity index (χ3v) is 11.1. The molecule has 3 saturated carbocycles. The van der Waals surface area contributed by atoms with Crippen LogP contribution in [0.5, 0.6) is 0 Å². The van der Waals surface area contributed by atoms with E-state index in [0.29, 0.717) is 17.3 Å². The zero-order valence-electron chi connectivity index (χ0n) is 23.8. The van der Waals surface area contributed by atoms with E-state index in [-0.39, 0.29) is 18.1 Å². The van der Waals surface area contributed by atoms with Crippen molar-refractivity contribution < 1.29 is 38.7 Å². The first kappa shape index (κ1) is 28.8. The average Bonchev–Trinajstić information content (AvgIpc) is 3.23. The molecule has 218 valence electrons. The fourth-order valence-electron chi connectivity index (χ4n) is 9.04. The molecule has 1 saturated heterocycles. The Morgan fingerprint density at radius 2 is 1.85 bits per heavy atom. The lowest BCUT2D eigenvalue weighted by atomic mass is 9.47. The summed E-state index contributed by atoms with van der Waals surface area (Å²) in [4.78, 5) is 23.0. The first-order valence-corrected chi connectivity index (χ1v) is 14.8. The SMILES string of the molecule is C=CC1CCC2C3CC=C4CC(OC5OC(COC(C)=O)C(O)C(OC(C)=O)C5O)CCC4(C)C3CCC12C. The van der Waals surface area contributed by atoms with Gasteiger partial charge in [0, 0.05) is 13.8 Å². The second-order valence-electron chi connectivity index (χ2n) is 13.1. The fourth-order valence-corrected chi connectivity index (χ4v) is 9.04. The molecule has 5 rings (SSSR count). The fraction of sp³-hybridized carbons (Fsp3) is 0.806. The zero-order valence-corrected chi connectivity index (χ0v) is 23.8. The summed E-state index contributed by atoms with van der Waals surface area (Å²) in [6.45, 7) is 11.4. The molecule has 0 radical (unpaired) electrons. The van der Waals surface area contributed by atoms with Crippen LogP contribution in [0.1, 0.15) is 79.1 Å². The van der Waals surface area contributed by atoms with Crippen LogP contribution in [-0.2, 0) is 28.5 Å². The van der Waals surface area contributed by atoms with E-state index in [2.05, 4.69) is 32.6 Å². The van der Waals surface area contributed by atoms with Crippen molar-refractivity contribution in [3.05, 3.63) is 24.3 Å². The van der Waals surface area contributed by atoms with Gasteiger partial charge in [-0.05, 0) is 85.9 Å². The van der Waals surface area contributed by atoms with Crippen LogP contribution >= 0.6 is 0 Å². The molecule has 0 aromatic heterocycles. The molecular formula is C31H46O8. The summed E-state index contributed by atoms with van der Waals surface area (Å²) in [6, 6.07) is 0. The van der Waals surface area contributed by atoms with Crippen LogP contribution in [0.25, 0.3) is 0 Å². The predicted octanol–water partition coefficient (Wildman–Crippen LogP) is 4.08. The van der Waals surface area contributed by atoms with Crippen LogP contribution in [0, 0.1) is 34.5 Å². The molecule has 12 unspecified atom stereocenters. The maximum Gasteiger partial charge on any atom is 0.303 e. The molecule has 4 fully saturated rings. The van der Waals surface area contributed by atoms with Gasteiger partial charge in [-0.3, -0.25) is 9.59 Å². The molecule has 12 atom stereocenters. The largest absolute Gasteiger partial charge is 0.463 e. The number of carbonyl (C=O) groups is 2. The lowest BCUT2D eigenvalue weighted by molar-refractivity contribution is -0.315. The summed E-state index contributed by atoms with van der Waals surface area (Å²) in [6.07, 6.45) is 7.24. The van der Waals surface area contributed by atoms with Crippen molar-refractivity contribution in [2.24, 2.45) is 34.5 Å². The number of allylic oxidation sites excluding steroid dienone is 2. The van der Waals surface area contributed by atoms with Gasteiger partial charge in [0.05, 0.1) is 6.10 Å². The first-order chi connectivity index (χ1) is 18.5. The Labute approximate surface area is 232 Å². The van der Waals surface area contributed by atoms with Crippen molar-refractivity contribution in [1.82, 2.24) is 0 Å². The molecule has 2 N–H and O–H groups in total. The number of esters is 2. The Balaban J connectivity index is 1.29. The normalized spacial score (nSPS) is 47.2. The molecule has 1 aliphatic heterocycles. The quantitative estimate of drug-likeness (QED) is 0.379. The molecule has 0 aromatic rings. The van der Waals surface area contributed by atoms with Gasteiger partial charge >= 0.3 is 11.9 Å². The number of fused-ring (bicyclic) bond motifs is 5. The average molecular weight is 547 g/mol. The Kier molecular flexibility index (Phi) is 8.06. The number of carbonyl (C=O) groups excluding carboxylic acids is 2. The third kappa shape index (κ3) is 5.11. The van der Waals surface area contributed by atoms with Crippen LogP contribution in [0.4, 0.5) is 0 Å². The van der Waals surface area contributed by atoms with Crippen molar-refractivity contribution in [3.63, 3.8) is 0 Å². The molecule has 8 heteroatoms. The number of aliphatic hydroxyl groups excluding tert-OH is 2. The number of ether oxygens (including phenoxy) is 4. The number of hydrogen-bond donors (Lipinski definition) is 2. The van der Waals surface area contributed by atoms with Crippen LogP contribution < -0.4 is 0 Å². The molecule has 5 aliphatic rings. The molecule has 0 bridgehead atoms. The number of hydrogen-bond acceptors (Lipinski definition) is 8. The standard InChI is InChI=1S/C31H46O8/c1-6-19-8-10-23-22-9-7-20-15-21(11-13-31(20,5)24(22)12-14-30(19,23)4)38-29-27(35)28(37-18(3)33)26(34)25(39-29)16-36-17(2)32/h6-7,19,21-29,34-35H,1,8-16H2,2-5H3. The van der Waals surface area contributed by atoms with E-state index in [1.54, 1.807) is 0 Å². The lowest BCUT2D eigenvalue weighted by Gasteiger charge is -2.58. The second-order valence-corrected chi connectivity index (χ2v) is 13.1. The van der Waals surface area contributed by atoms with Gasteiger partial charge in [-0.15, -0.1) is 6.58 Å². The minimum absolute atomic E-state index is 0.150. The van der Waals surface area contributed by atoms with E-state index >= 15 is 0 Å². The molecule has 0 aromatic carbocycles. The number of rotatable bonds is 6. The Morgan fingerprint density at radius 3 is 2.54 bits per heavy atom. The minimum atomic E-state index is -1.37. The van der Waals surface area contributed by atoms with Gasteiger partial charge in [-0.2, -0.15) is 0 Å². The Morgan fingerprint density at radius 1 is 1.08 bits per heavy atom. The summed E-state index contributed by atoms with van der Waals surface area (Å²) in [7, 11) is 0. The van der Waals surface area contributed by atoms with E-state index in [9.17, 15) is 19.8 Å². The first-order valence-electron chi connectivity index (χ1n) is 14.8. The third-order valence-electron chi connectivity index (χ3n) is 11.1. The maximum absolute atomic E-state index is 11.7. The smallest absolute Gasteiger partial charge is 0.303 e. The second kappa shape index (κ2) is 10.9. The summed E-state index contributed by atoms with van der Waals surface area (Å²) in [5, 5.41) is 21.6. The number of aliphatic hydroxyl groups is 2. The van der Waals surface area contributed by atoms with Gasteiger partial charge in [-0.25, -0.2) is 0 Å². The van der Waals surface area contributed by atoms with Crippen molar-refractivity contribution in [1.29, 1.82) is 0 Å². The van der Waals surface area contributed by atoms with Gasteiger partial charge in [0.25, 0.3) is 0 Å². The van der Waals surface area contributed by atoms with Gasteiger partial charge in [0.2, 0.25) is 0 Å². The van der Waals surface area contributed by atoms with Gasteiger partial charge in [0.15, 0.2) is 12.4 Å². The highest BCUT2D eigenvalue weighted by molar-refractivity contribution is 5.66. The summed E-state index contributed by atoms with van der Waals surface area (Å²) < 4.78 is 22.5. The van der Waals surface area contributed by atoms with Crippen LogP contribution in [0.3, 0.4) is 0 Å².